The molecule has 94 valence electrons. The van der Waals surface area contributed by atoms with Crippen molar-refractivity contribution in [2.45, 2.75) is 18.9 Å². The summed E-state index contributed by atoms with van der Waals surface area (Å²) < 4.78 is 0. The van der Waals surface area contributed by atoms with Gasteiger partial charge in [-0.05, 0) is 19.1 Å². The fraction of sp³-hybridized carbons (Fsp3) is 0.500. The number of urea groups is 2. The van der Waals surface area contributed by atoms with Gasteiger partial charge in [0.15, 0.2) is 5.17 Å². The summed E-state index contributed by atoms with van der Waals surface area (Å²) in [6.45, 7) is 0. The largest absolute Gasteiger partial charge is 0.343 e. The lowest BCUT2D eigenvalue weighted by atomic mass is 10.3. The van der Waals surface area contributed by atoms with Gasteiger partial charge in [0, 0.05) is 13.1 Å². The molecule has 0 bridgehead atoms. The zero-order valence-corrected chi connectivity index (χ0v) is 10.6. The van der Waals surface area contributed by atoms with Gasteiger partial charge in [0.25, 0.3) is 0 Å². The summed E-state index contributed by atoms with van der Waals surface area (Å²) in [5.41, 5.74) is 0. The van der Waals surface area contributed by atoms with Gasteiger partial charge in [-0.1, -0.05) is 23.9 Å². The van der Waals surface area contributed by atoms with Crippen molar-refractivity contribution in [1.82, 2.24) is 16.0 Å². The summed E-state index contributed by atoms with van der Waals surface area (Å²) in [4.78, 5) is 26.2. The molecule has 1 rings (SSSR count). The molecule has 4 amide bonds. The van der Waals surface area contributed by atoms with E-state index >= 15 is 0 Å². The molecule has 0 saturated heterocycles. The van der Waals surface area contributed by atoms with Crippen molar-refractivity contribution in [3.05, 3.63) is 12.2 Å². The highest BCUT2D eigenvalue weighted by molar-refractivity contribution is 8.13. The molecule has 0 spiro atoms. The van der Waals surface area contributed by atoms with Gasteiger partial charge in [0.2, 0.25) is 0 Å². The second-order valence-corrected chi connectivity index (χ2v) is 4.18. The molecule has 0 heterocycles. The smallest absolute Gasteiger partial charge is 0.339 e. The third-order valence-corrected chi connectivity index (χ3v) is 2.74. The van der Waals surface area contributed by atoms with Gasteiger partial charge in [-0.3, -0.25) is 5.32 Å². The zero-order valence-electron chi connectivity index (χ0n) is 9.82. The minimum Gasteiger partial charge on any atom is -0.339 e. The Bertz CT molecular complexity index is 354. The molecule has 0 fully saturated rings. The van der Waals surface area contributed by atoms with E-state index in [1.54, 1.807) is 6.26 Å². The molecule has 0 aliphatic heterocycles. The van der Waals surface area contributed by atoms with Gasteiger partial charge in [0.05, 0.1) is 0 Å². The highest BCUT2D eigenvalue weighted by atomic mass is 32.2. The maximum atomic E-state index is 11.6. The Morgan fingerprint density at radius 2 is 2.24 bits per heavy atom. The molecular weight excluding hydrogens is 240 g/mol. The van der Waals surface area contributed by atoms with E-state index in [1.807, 2.05) is 12.2 Å². The van der Waals surface area contributed by atoms with Crippen LogP contribution < -0.4 is 16.0 Å². The van der Waals surface area contributed by atoms with E-state index in [1.165, 1.54) is 18.8 Å². The first-order chi connectivity index (χ1) is 8.15. The molecule has 0 aromatic carbocycles. The molecular formula is C10H16N4O2S. The lowest BCUT2D eigenvalue weighted by Crippen LogP contribution is -2.42. The Kier molecular flexibility index (Phi) is 5.55. The minimum absolute atomic E-state index is 0.0677. The highest BCUT2D eigenvalue weighted by Gasteiger charge is 2.13. The van der Waals surface area contributed by atoms with Crippen LogP contribution in [-0.2, 0) is 0 Å². The molecule has 17 heavy (non-hydrogen) atoms. The van der Waals surface area contributed by atoms with Gasteiger partial charge >= 0.3 is 12.1 Å². The number of carbonyl (C=O) groups is 2. The molecule has 1 aliphatic carbocycles. The average molecular weight is 256 g/mol. The van der Waals surface area contributed by atoms with Crippen molar-refractivity contribution < 1.29 is 9.59 Å². The number of allylic oxidation sites excluding steroid dienone is 1. The van der Waals surface area contributed by atoms with Gasteiger partial charge in [-0.2, -0.15) is 4.99 Å². The summed E-state index contributed by atoms with van der Waals surface area (Å²) >= 11 is 1.20. The number of carbonyl (C=O) groups excluding carboxylic acids is 2. The number of thioether (sulfide) groups is 1. The molecule has 1 unspecified atom stereocenters. The Morgan fingerprint density at radius 1 is 1.47 bits per heavy atom. The first kappa shape index (κ1) is 13.6. The molecule has 3 N–H and O–H groups in total. The van der Waals surface area contributed by atoms with Crippen molar-refractivity contribution in [1.29, 1.82) is 0 Å². The van der Waals surface area contributed by atoms with Gasteiger partial charge < -0.3 is 10.6 Å². The predicted molar refractivity (Wildman–Crippen MR) is 69.2 cm³/mol. The summed E-state index contributed by atoms with van der Waals surface area (Å²) in [5, 5.41) is 7.92. The fourth-order valence-corrected chi connectivity index (χ4v) is 1.70. The highest BCUT2D eigenvalue weighted by Crippen LogP contribution is 2.08. The number of aliphatic imine (C=N–C) groups is 1. The molecule has 6 nitrogen and oxygen atoms in total. The van der Waals surface area contributed by atoms with Crippen LogP contribution in [0.15, 0.2) is 17.1 Å². The molecule has 1 aliphatic rings. The van der Waals surface area contributed by atoms with Crippen molar-refractivity contribution in [3.63, 3.8) is 0 Å². The molecule has 7 heteroatoms. The predicted octanol–water partition coefficient (Wildman–Crippen LogP) is 1.06. The van der Waals surface area contributed by atoms with E-state index in [9.17, 15) is 9.59 Å². The van der Waals surface area contributed by atoms with Crippen LogP contribution in [0.5, 0.6) is 0 Å². The van der Waals surface area contributed by atoms with Crippen LogP contribution in [0.4, 0.5) is 9.59 Å². The third kappa shape index (κ3) is 4.90. The third-order valence-electron chi connectivity index (χ3n) is 2.16. The van der Waals surface area contributed by atoms with Crippen LogP contribution in [0.25, 0.3) is 0 Å². The second kappa shape index (κ2) is 6.95. The van der Waals surface area contributed by atoms with E-state index in [0.717, 1.165) is 12.8 Å². The first-order valence-electron chi connectivity index (χ1n) is 5.24. The zero-order chi connectivity index (χ0) is 12.7. The van der Waals surface area contributed by atoms with Crippen LogP contribution in [0.1, 0.15) is 12.8 Å². The number of amides is 4. The standard InChI is InChI=1S/C10H16N4O2S/c1-11-8(15)13-10(17-2)14-9(16)12-7-5-3-4-6-7/h3,5,7H,4,6H2,1-2H3,(H3,11,12,13,14,15,16). The topological polar surface area (TPSA) is 82.6 Å². The Labute approximate surface area is 104 Å². The maximum absolute atomic E-state index is 11.6. The summed E-state index contributed by atoms with van der Waals surface area (Å²) in [6, 6.07) is -0.771. The molecule has 1 atom stereocenters. The van der Waals surface area contributed by atoms with E-state index in [2.05, 4.69) is 20.9 Å². The van der Waals surface area contributed by atoms with Gasteiger partial charge in [0.1, 0.15) is 0 Å². The normalized spacial score (nSPS) is 18.9. The van der Waals surface area contributed by atoms with Crippen LogP contribution >= 0.6 is 11.8 Å². The molecule has 0 aromatic heterocycles. The van der Waals surface area contributed by atoms with Crippen molar-refractivity contribution in [2.75, 3.05) is 13.3 Å². The number of nitrogens with one attached hydrogen (secondary N) is 3. The number of hydrogen-bond donors (Lipinski definition) is 3. The Morgan fingerprint density at radius 3 is 2.76 bits per heavy atom. The monoisotopic (exact) mass is 256 g/mol. The molecule has 0 saturated carbocycles. The first-order valence-corrected chi connectivity index (χ1v) is 6.46. The van der Waals surface area contributed by atoms with E-state index in [4.69, 9.17) is 0 Å². The summed E-state index contributed by atoms with van der Waals surface area (Å²) in [7, 11) is 1.48. The molecule has 0 aromatic rings. The second-order valence-electron chi connectivity index (χ2n) is 3.39. The fourth-order valence-electron chi connectivity index (χ4n) is 1.33. The van der Waals surface area contributed by atoms with Crippen molar-refractivity contribution >= 4 is 29.0 Å². The van der Waals surface area contributed by atoms with Crippen LogP contribution in [0.2, 0.25) is 0 Å². The van der Waals surface area contributed by atoms with Crippen LogP contribution in [-0.4, -0.2) is 36.6 Å². The van der Waals surface area contributed by atoms with Crippen molar-refractivity contribution in [2.24, 2.45) is 4.99 Å². The minimum atomic E-state index is -0.490. The maximum Gasteiger partial charge on any atom is 0.343 e. The van der Waals surface area contributed by atoms with E-state index < -0.39 is 6.03 Å². The number of amidine groups is 1. The van der Waals surface area contributed by atoms with Crippen LogP contribution in [0, 0.1) is 0 Å². The molecule has 0 radical (unpaired) electrons. The number of nitrogens with zero attached hydrogens (tertiary/aromatic N) is 1. The Balaban J connectivity index is 2.44. The van der Waals surface area contributed by atoms with Gasteiger partial charge in [-0.25, -0.2) is 9.59 Å². The quantitative estimate of drug-likeness (QED) is 0.373. The SMILES string of the molecule is CNC(=O)N=C(NC(=O)NC1C=CCC1)SC. The van der Waals surface area contributed by atoms with Crippen LogP contribution in [0.3, 0.4) is 0 Å². The Hall–Kier alpha value is -1.50. The lowest BCUT2D eigenvalue weighted by molar-refractivity contribution is 0.243. The lowest BCUT2D eigenvalue weighted by Gasteiger charge is -2.12. The number of rotatable bonds is 1. The van der Waals surface area contributed by atoms with E-state index in [0.29, 0.717) is 0 Å². The van der Waals surface area contributed by atoms with E-state index in [-0.39, 0.29) is 17.2 Å². The number of hydrogen-bond acceptors (Lipinski definition) is 3. The van der Waals surface area contributed by atoms with Crippen molar-refractivity contribution in [3.8, 4) is 0 Å². The van der Waals surface area contributed by atoms with Gasteiger partial charge in [-0.15, -0.1) is 0 Å². The average Bonchev–Trinajstić information content (AvgIpc) is 2.80. The summed E-state index contributed by atoms with van der Waals surface area (Å²) in [5.74, 6) is 0. The summed E-state index contributed by atoms with van der Waals surface area (Å²) in [6.07, 6.45) is 7.60.